The van der Waals surface area contributed by atoms with Crippen molar-refractivity contribution in [2.45, 2.75) is 26.2 Å². The Labute approximate surface area is 122 Å². The number of aliphatic hydroxyl groups excluding tert-OH is 1. The van der Waals surface area contributed by atoms with E-state index in [-0.39, 0.29) is 36.3 Å². The Morgan fingerprint density at radius 2 is 2.00 bits per heavy atom. The van der Waals surface area contributed by atoms with Gasteiger partial charge in [-0.1, -0.05) is 18.8 Å². The number of carbonyl (C=O) groups excluding carboxylic acids is 2. The zero-order chi connectivity index (χ0) is 15.4. The number of piperidine rings is 1. The highest BCUT2D eigenvalue weighted by molar-refractivity contribution is 6.16. The number of halogens is 1. The summed E-state index contributed by atoms with van der Waals surface area (Å²) in [5, 5.41) is 8.67. The van der Waals surface area contributed by atoms with Gasteiger partial charge in [0, 0.05) is 19.3 Å². The zero-order valence-electron chi connectivity index (χ0n) is 11.7. The second-order valence-corrected chi connectivity index (χ2v) is 5.08. The van der Waals surface area contributed by atoms with Gasteiger partial charge in [-0.3, -0.25) is 14.5 Å². The highest BCUT2D eigenvalue weighted by Gasteiger charge is 2.31. The summed E-state index contributed by atoms with van der Waals surface area (Å²) in [6, 6.07) is 3.99. The molecule has 0 aliphatic carbocycles. The Bertz CT molecular complexity index is 612. The predicted octanol–water partition coefficient (Wildman–Crippen LogP) is 1.85. The van der Waals surface area contributed by atoms with Crippen LogP contribution in [0.2, 0.25) is 0 Å². The molecule has 110 valence electrons. The van der Waals surface area contributed by atoms with E-state index in [2.05, 4.69) is 11.8 Å². The van der Waals surface area contributed by atoms with E-state index in [1.165, 1.54) is 18.2 Å². The lowest BCUT2D eigenvalue weighted by Gasteiger charge is -2.28. The quantitative estimate of drug-likeness (QED) is 0.667. The summed E-state index contributed by atoms with van der Waals surface area (Å²) in [5.41, 5.74) is 0.451. The van der Waals surface area contributed by atoms with Gasteiger partial charge in [-0.05, 0) is 24.1 Å². The number of anilines is 1. The Kier molecular flexibility index (Phi) is 4.71. The topological polar surface area (TPSA) is 57.6 Å². The average molecular weight is 289 g/mol. The maximum absolute atomic E-state index is 13.7. The Balaban J connectivity index is 2.32. The third-order valence-electron chi connectivity index (χ3n) is 3.21. The fourth-order valence-electron chi connectivity index (χ4n) is 2.24. The second kappa shape index (κ2) is 6.51. The molecule has 0 bridgehead atoms. The summed E-state index contributed by atoms with van der Waals surface area (Å²) < 4.78 is 13.7. The summed E-state index contributed by atoms with van der Waals surface area (Å²) in [7, 11) is 0. The molecule has 0 aromatic heterocycles. The number of hydrogen-bond donors (Lipinski definition) is 1. The molecule has 0 unspecified atom stereocenters. The van der Waals surface area contributed by atoms with Crippen LogP contribution in [0.1, 0.15) is 31.7 Å². The maximum Gasteiger partial charge on any atom is 0.234 e. The van der Waals surface area contributed by atoms with Crippen LogP contribution < -0.4 is 4.90 Å². The highest BCUT2D eigenvalue weighted by atomic mass is 19.1. The molecule has 1 aliphatic heterocycles. The minimum Gasteiger partial charge on any atom is -0.395 e. The number of nitrogens with zero attached hydrogens (tertiary/aromatic N) is 1. The van der Waals surface area contributed by atoms with Gasteiger partial charge in [0.05, 0.1) is 17.9 Å². The number of carbonyl (C=O) groups is 2. The summed E-state index contributed by atoms with van der Waals surface area (Å²) in [5.74, 6) is 4.18. The van der Waals surface area contributed by atoms with E-state index in [0.717, 1.165) is 4.90 Å². The third kappa shape index (κ3) is 3.47. The molecule has 1 aromatic rings. The molecule has 1 N–H and O–H groups in total. The SMILES string of the molecule is CC1CC(=O)N(c2ccc(F)c(C#CCCO)c2)C(=O)C1. The van der Waals surface area contributed by atoms with Crippen molar-refractivity contribution in [2.24, 2.45) is 5.92 Å². The van der Waals surface area contributed by atoms with Gasteiger partial charge in [0.2, 0.25) is 11.8 Å². The second-order valence-electron chi connectivity index (χ2n) is 5.08. The maximum atomic E-state index is 13.7. The molecule has 0 saturated carbocycles. The van der Waals surface area contributed by atoms with Crippen molar-refractivity contribution in [3.05, 3.63) is 29.6 Å². The zero-order valence-corrected chi connectivity index (χ0v) is 11.7. The van der Waals surface area contributed by atoms with Crippen LogP contribution in [0.4, 0.5) is 10.1 Å². The van der Waals surface area contributed by atoms with Gasteiger partial charge in [-0.15, -0.1) is 0 Å². The highest BCUT2D eigenvalue weighted by Crippen LogP contribution is 2.26. The summed E-state index contributed by atoms with van der Waals surface area (Å²) in [6.07, 6.45) is 0.839. The number of imide groups is 1. The molecule has 2 rings (SSSR count). The molecule has 4 nitrogen and oxygen atoms in total. The first-order chi connectivity index (χ1) is 10.0. The largest absolute Gasteiger partial charge is 0.395 e. The van der Waals surface area contributed by atoms with Crippen LogP contribution in [0.25, 0.3) is 0 Å². The molecular weight excluding hydrogens is 273 g/mol. The fourth-order valence-corrected chi connectivity index (χ4v) is 2.24. The first-order valence-electron chi connectivity index (χ1n) is 6.78. The summed E-state index contributed by atoms with van der Waals surface area (Å²) >= 11 is 0. The minimum absolute atomic E-state index is 0.0329. The van der Waals surface area contributed by atoms with Crippen LogP contribution in [0.5, 0.6) is 0 Å². The van der Waals surface area contributed by atoms with Crippen molar-refractivity contribution < 1.29 is 19.1 Å². The lowest BCUT2D eigenvalue weighted by molar-refractivity contribution is -0.130. The van der Waals surface area contributed by atoms with Gasteiger partial charge in [0.1, 0.15) is 5.82 Å². The first kappa shape index (κ1) is 15.2. The normalized spacial score (nSPS) is 15.9. The van der Waals surface area contributed by atoms with Crippen molar-refractivity contribution >= 4 is 17.5 Å². The van der Waals surface area contributed by atoms with Crippen molar-refractivity contribution in [3.63, 3.8) is 0 Å². The van der Waals surface area contributed by atoms with Gasteiger partial charge in [0.25, 0.3) is 0 Å². The van der Waals surface area contributed by atoms with Gasteiger partial charge in [-0.25, -0.2) is 4.39 Å². The van der Waals surface area contributed by atoms with E-state index in [0.29, 0.717) is 18.5 Å². The molecule has 0 atom stereocenters. The van der Waals surface area contributed by atoms with Crippen molar-refractivity contribution in [3.8, 4) is 11.8 Å². The average Bonchev–Trinajstić information content (AvgIpc) is 2.41. The number of benzene rings is 1. The smallest absolute Gasteiger partial charge is 0.234 e. The van der Waals surface area contributed by atoms with Crippen LogP contribution in [0.3, 0.4) is 0 Å². The molecule has 1 heterocycles. The van der Waals surface area contributed by atoms with E-state index in [1.807, 2.05) is 6.92 Å². The van der Waals surface area contributed by atoms with Crippen LogP contribution >= 0.6 is 0 Å². The van der Waals surface area contributed by atoms with Crippen molar-refractivity contribution in [1.82, 2.24) is 0 Å². The molecule has 1 saturated heterocycles. The molecule has 2 amide bonds. The van der Waals surface area contributed by atoms with E-state index in [1.54, 1.807) is 0 Å². The molecule has 1 fully saturated rings. The Morgan fingerprint density at radius 1 is 1.33 bits per heavy atom. The van der Waals surface area contributed by atoms with Gasteiger partial charge in [0.15, 0.2) is 0 Å². The number of aliphatic hydroxyl groups is 1. The molecule has 21 heavy (non-hydrogen) atoms. The van der Waals surface area contributed by atoms with Crippen LogP contribution in [0, 0.1) is 23.6 Å². The standard InChI is InChI=1S/C16H16FNO3/c1-11-8-15(20)18(16(21)9-11)13-5-6-14(17)12(10-13)4-2-3-7-19/h5-6,10-11,19H,3,7-9H2,1H3. The summed E-state index contributed by atoms with van der Waals surface area (Å²) in [6.45, 7) is 1.75. The number of amides is 2. The van der Waals surface area contributed by atoms with E-state index in [4.69, 9.17) is 5.11 Å². The van der Waals surface area contributed by atoms with E-state index < -0.39 is 5.82 Å². The number of rotatable bonds is 2. The van der Waals surface area contributed by atoms with Crippen molar-refractivity contribution in [2.75, 3.05) is 11.5 Å². The first-order valence-corrected chi connectivity index (χ1v) is 6.78. The van der Waals surface area contributed by atoms with Gasteiger partial charge in [-0.2, -0.15) is 0 Å². The monoisotopic (exact) mass is 289 g/mol. The van der Waals surface area contributed by atoms with Crippen molar-refractivity contribution in [1.29, 1.82) is 0 Å². The van der Waals surface area contributed by atoms with Gasteiger partial charge < -0.3 is 5.11 Å². The summed E-state index contributed by atoms with van der Waals surface area (Å²) in [4.78, 5) is 25.1. The Morgan fingerprint density at radius 3 is 2.62 bits per heavy atom. The minimum atomic E-state index is -0.519. The van der Waals surface area contributed by atoms with Crippen LogP contribution in [0.15, 0.2) is 18.2 Å². The van der Waals surface area contributed by atoms with Gasteiger partial charge >= 0.3 is 0 Å². The molecule has 0 spiro atoms. The van der Waals surface area contributed by atoms with E-state index in [9.17, 15) is 14.0 Å². The van der Waals surface area contributed by atoms with Crippen LogP contribution in [-0.4, -0.2) is 23.5 Å². The molecule has 0 radical (unpaired) electrons. The lowest BCUT2D eigenvalue weighted by Crippen LogP contribution is -2.42. The molecule has 1 aromatic carbocycles. The number of hydrogen-bond acceptors (Lipinski definition) is 3. The third-order valence-corrected chi connectivity index (χ3v) is 3.21. The Hall–Kier alpha value is -2.19. The fraction of sp³-hybridized carbons (Fsp3) is 0.375. The molecule has 5 heteroatoms. The molecule has 1 aliphatic rings. The predicted molar refractivity (Wildman–Crippen MR) is 75.9 cm³/mol. The van der Waals surface area contributed by atoms with Crippen LogP contribution in [-0.2, 0) is 9.59 Å². The lowest BCUT2D eigenvalue weighted by atomic mass is 9.97. The van der Waals surface area contributed by atoms with E-state index >= 15 is 0 Å². The molecular formula is C16H16FNO3.